The van der Waals surface area contributed by atoms with Gasteiger partial charge in [-0.05, 0) is 30.6 Å². The normalized spacial score (nSPS) is 40.2. The maximum Gasteiger partial charge on any atom is 0.320 e. The summed E-state index contributed by atoms with van der Waals surface area (Å²) in [4.78, 5) is 10.6. The summed E-state index contributed by atoms with van der Waals surface area (Å²) in [6.45, 7) is 0. The Morgan fingerprint density at radius 3 is 2.67 bits per heavy atom. The molecular formula is C9H13NO2. The lowest BCUT2D eigenvalue weighted by Gasteiger charge is -2.21. The molecule has 0 spiro atoms. The Kier molecular flexibility index (Phi) is 1.68. The molecule has 66 valence electrons. The molecule has 3 nitrogen and oxygen atoms in total. The van der Waals surface area contributed by atoms with Crippen molar-refractivity contribution in [3.63, 3.8) is 0 Å². The lowest BCUT2D eigenvalue weighted by molar-refractivity contribution is -0.140. The Morgan fingerprint density at radius 1 is 1.50 bits per heavy atom. The molecule has 12 heavy (non-hydrogen) atoms. The molecule has 2 aliphatic rings. The van der Waals surface area contributed by atoms with Gasteiger partial charge in [0.15, 0.2) is 0 Å². The molecule has 2 aliphatic carbocycles. The van der Waals surface area contributed by atoms with Gasteiger partial charge in [-0.1, -0.05) is 12.2 Å². The van der Waals surface area contributed by atoms with Gasteiger partial charge in [0.25, 0.3) is 0 Å². The van der Waals surface area contributed by atoms with E-state index in [1.165, 1.54) is 0 Å². The predicted molar refractivity (Wildman–Crippen MR) is 44.5 cm³/mol. The SMILES string of the molecule is NC(C(=O)O)C1CC2C=CC1C2. The molecule has 4 unspecified atom stereocenters. The van der Waals surface area contributed by atoms with Gasteiger partial charge < -0.3 is 10.8 Å². The summed E-state index contributed by atoms with van der Waals surface area (Å²) in [5.74, 6) is 0.352. The second kappa shape index (κ2) is 2.59. The molecule has 0 aromatic carbocycles. The van der Waals surface area contributed by atoms with Gasteiger partial charge in [-0.25, -0.2) is 0 Å². The average molecular weight is 167 g/mol. The van der Waals surface area contributed by atoms with E-state index in [1.54, 1.807) is 0 Å². The van der Waals surface area contributed by atoms with Crippen molar-refractivity contribution >= 4 is 5.97 Å². The fraction of sp³-hybridized carbons (Fsp3) is 0.667. The molecule has 4 atom stereocenters. The Hall–Kier alpha value is -0.830. The largest absolute Gasteiger partial charge is 0.480 e. The van der Waals surface area contributed by atoms with Gasteiger partial charge in [0.2, 0.25) is 0 Å². The van der Waals surface area contributed by atoms with Crippen molar-refractivity contribution in [3.05, 3.63) is 12.2 Å². The molecule has 1 saturated carbocycles. The Balaban J connectivity index is 2.07. The average Bonchev–Trinajstić information content (AvgIpc) is 2.62. The van der Waals surface area contributed by atoms with Crippen LogP contribution in [0.2, 0.25) is 0 Å². The first-order chi connectivity index (χ1) is 5.68. The van der Waals surface area contributed by atoms with Gasteiger partial charge >= 0.3 is 5.97 Å². The molecule has 0 radical (unpaired) electrons. The van der Waals surface area contributed by atoms with Crippen LogP contribution >= 0.6 is 0 Å². The van der Waals surface area contributed by atoms with Gasteiger partial charge in [-0.3, -0.25) is 4.79 Å². The van der Waals surface area contributed by atoms with Gasteiger partial charge in [-0.2, -0.15) is 0 Å². The third-order valence-electron chi connectivity index (χ3n) is 3.08. The van der Waals surface area contributed by atoms with Crippen molar-refractivity contribution in [1.82, 2.24) is 0 Å². The first-order valence-electron chi connectivity index (χ1n) is 4.35. The molecule has 0 amide bonds. The Bertz CT molecular complexity index is 237. The number of carboxylic acids is 1. The van der Waals surface area contributed by atoms with Crippen LogP contribution in [-0.4, -0.2) is 17.1 Å². The predicted octanol–water partition coefficient (Wildman–Crippen LogP) is 0.610. The Labute approximate surface area is 71.3 Å². The zero-order valence-corrected chi connectivity index (χ0v) is 6.81. The smallest absolute Gasteiger partial charge is 0.320 e. The standard InChI is InChI=1S/C9H13NO2/c10-8(9(11)12)7-4-5-1-2-6(7)3-5/h1-2,5-8H,3-4,10H2,(H,11,12). The number of hydrogen-bond acceptors (Lipinski definition) is 2. The minimum absolute atomic E-state index is 0.178. The van der Waals surface area contributed by atoms with Crippen LogP contribution in [0.1, 0.15) is 12.8 Å². The summed E-state index contributed by atoms with van der Waals surface area (Å²) < 4.78 is 0. The van der Waals surface area contributed by atoms with E-state index < -0.39 is 12.0 Å². The number of fused-ring (bicyclic) bond motifs is 2. The summed E-state index contributed by atoms with van der Waals surface area (Å²) >= 11 is 0. The molecule has 2 rings (SSSR count). The number of aliphatic carboxylic acids is 1. The molecule has 3 N–H and O–H groups in total. The van der Waals surface area contributed by atoms with Crippen LogP contribution in [0, 0.1) is 17.8 Å². The van der Waals surface area contributed by atoms with Gasteiger partial charge in [0.05, 0.1) is 0 Å². The third kappa shape index (κ3) is 1.05. The quantitative estimate of drug-likeness (QED) is 0.592. The highest BCUT2D eigenvalue weighted by Gasteiger charge is 2.40. The molecule has 0 aromatic rings. The van der Waals surface area contributed by atoms with Crippen molar-refractivity contribution in [2.45, 2.75) is 18.9 Å². The summed E-state index contributed by atoms with van der Waals surface area (Å²) in [6, 6.07) is -0.662. The fourth-order valence-electron chi connectivity index (χ4n) is 2.42. The number of rotatable bonds is 2. The van der Waals surface area contributed by atoms with Gasteiger partial charge in [-0.15, -0.1) is 0 Å². The van der Waals surface area contributed by atoms with E-state index in [0.717, 1.165) is 12.8 Å². The van der Waals surface area contributed by atoms with Crippen LogP contribution in [0.25, 0.3) is 0 Å². The second-order valence-electron chi connectivity index (χ2n) is 3.81. The number of carbonyl (C=O) groups is 1. The number of allylic oxidation sites excluding steroid dienone is 2. The minimum atomic E-state index is -0.860. The first kappa shape index (κ1) is 7.80. The molecule has 2 bridgehead atoms. The van der Waals surface area contributed by atoms with Crippen LogP contribution in [-0.2, 0) is 4.79 Å². The number of hydrogen-bond donors (Lipinski definition) is 2. The Morgan fingerprint density at radius 2 is 2.25 bits per heavy atom. The lowest BCUT2D eigenvalue weighted by Crippen LogP contribution is -2.39. The zero-order valence-electron chi connectivity index (χ0n) is 6.81. The van der Waals surface area contributed by atoms with E-state index in [0.29, 0.717) is 11.8 Å². The van der Waals surface area contributed by atoms with Crippen LogP contribution < -0.4 is 5.73 Å². The van der Waals surface area contributed by atoms with Gasteiger partial charge in [0, 0.05) is 0 Å². The van der Waals surface area contributed by atoms with Crippen molar-refractivity contribution in [1.29, 1.82) is 0 Å². The second-order valence-corrected chi connectivity index (χ2v) is 3.81. The highest BCUT2D eigenvalue weighted by Crippen LogP contribution is 2.44. The molecule has 3 heteroatoms. The highest BCUT2D eigenvalue weighted by molar-refractivity contribution is 5.73. The summed E-state index contributed by atoms with van der Waals surface area (Å²) in [6.07, 6.45) is 6.40. The van der Waals surface area contributed by atoms with Gasteiger partial charge in [0.1, 0.15) is 6.04 Å². The monoisotopic (exact) mass is 167 g/mol. The van der Waals surface area contributed by atoms with Crippen LogP contribution in [0.15, 0.2) is 12.2 Å². The maximum absolute atomic E-state index is 10.6. The molecule has 0 aliphatic heterocycles. The van der Waals surface area contributed by atoms with Crippen LogP contribution in [0.4, 0.5) is 0 Å². The van der Waals surface area contributed by atoms with Crippen molar-refractivity contribution in [3.8, 4) is 0 Å². The summed E-state index contributed by atoms with van der Waals surface area (Å²) in [5, 5.41) is 8.72. The highest BCUT2D eigenvalue weighted by atomic mass is 16.4. The van der Waals surface area contributed by atoms with Crippen molar-refractivity contribution in [2.24, 2.45) is 23.5 Å². The van der Waals surface area contributed by atoms with E-state index in [2.05, 4.69) is 12.2 Å². The van der Waals surface area contributed by atoms with E-state index in [-0.39, 0.29) is 5.92 Å². The third-order valence-corrected chi connectivity index (χ3v) is 3.08. The van der Waals surface area contributed by atoms with E-state index in [4.69, 9.17) is 10.8 Å². The molecule has 0 aromatic heterocycles. The van der Waals surface area contributed by atoms with E-state index >= 15 is 0 Å². The summed E-state index contributed by atoms with van der Waals surface area (Å²) in [7, 11) is 0. The summed E-state index contributed by atoms with van der Waals surface area (Å²) in [5.41, 5.74) is 5.57. The van der Waals surface area contributed by atoms with Crippen molar-refractivity contribution < 1.29 is 9.90 Å². The fourth-order valence-corrected chi connectivity index (χ4v) is 2.42. The zero-order chi connectivity index (χ0) is 8.72. The van der Waals surface area contributed by atoms with Crippen LogP contribution in [0.5, 0.6) is 0 Å². The molecule has 0 heterocycles. The van der Waals surface area contributed by atoms with E-state index in [9.17, 15) is 4.79 Å². The number of nitrogens with two attached hydrogens (primary N) is 1. The first-order valence-corrected chi connectivity index (χ1v) is 4.35. The topological polar surface area (TPSA) is 63.3 Å². The lowest BCUT2D eigenvalue weighted by atomic mass is 9.87. The van der Waals surface area contributed by atoms with Crippen LogP contribution in [0.3, 0.4) is 0 Å². The molecule has 0 saturated heterocycles. The molecular weight excluding hydrogens is 154 g/mol. The van der Waals surface area contributed by atoms with E-state index in [1.807, 2.05) is 0 Å². The van der Waals surface area contributed by atoms with Crippen molar-refractivity contribution in [2.75, 3.05) is 0 Å². The minimum Gasteiger partial charge on any atom is -0.480 e. The molecule has 1 fully saturated rings. The maximum atomic E-state index is 10.6. The number of carboxylic acid groups (broad SMARTS) is 1.